The number of rotatable bonds is 3. The first-order valence-corrected chi connectivity index (χ1v) is 5.36. The summed E-state index contributed by atoms with van der Waals surface area (Å²) >= 11 is 0. The van der Waals surface area contributed by atoms with Crippen LogP contribution in [0.4, 0.5) is 4.39 Å². The van der Waals surface area contributed by atoms with Gasteiger partial charge in [-0.05, 0) is 13.1 Å². The molecule has 0 radical (unpaired) electrons. The summed E-state index contributed by atoms with van der Waals surface area (Å²) in [7, 11) is 1.62. The quantitative estimate of drug-likeness (QED) is 0.825. The summed E-state index contributed by atoms with van der Waals surface area (Å²) in [6, 6.07) is 6.19. The molecule has 92 valence electrons. The van der Waals surface area contributed by atoms with Crippen LogP contribution in [0.3, 0.4) is 0 Å². The Morgan fingerprint density at radius 3 is 2.88 bits per heavy atom. The highest BCUT2D eigenvalue weighted by Gasteiger charge is 2.49. The number of carboxylic acids is 1. The second-order valence-corrected chi connectivity index (χ2v) is 4.11. The second-order valence-electron chi connectivity index (χ2n) is 4.11. The van der Waals surface area contributed by atoms with E-state index in [0.717, 1.165) is 0 Å². The minimum Gasteiger partial charge on any atom is -0.481 e. The van der Waals surface area contributed by atoms with Gasteiger partial charge in [-0.15, -0.1) is 0 Å². The van der Waals surface area contributed by atoms with Crippen LogP contribution in [-0.4, -0.2) is 31.3 Å². The summed E-state index contributed by atoms with van der Waals surface area (Å²) < 4.78 is 19.0. The Morgan fingerprint density at radius 2 is 2.29 bits per heavy atom. The molecule has 1 heterocycles. The van der Waals surface area contributed by atoms with E-state index in [0.29, 0.717) is 5.56 Å². The maximum absolute atomic E-state index is 13.8. The largest absolute Gasteiger partial charge is 0.481 e. The summed E-state index contributed by atoms with van der Waals surface area (Å²) in [6.45, 7) is 0.242. The van der Waals surface area contributed by atoms with E-state index in [-0.39, 0.29) is 13.2 Å². The third-order valence-corrected chi connectivity index (χ3v) is 3.31. The number of halogens is 1. The average molecular weight is 239 g/mol. The Labute approximate surface area is 98.4 Å². The molecule has 4 nitrogen and oxygen atoms in total. The van der Waals surface area contributed by atoms with Gasteiger partial charge in [0.1, 0.15) is 11.7 Å². The molecule has 0 bridgehead atoms. The van der Waals surface area contributed by atoms with Gasteiger partial charge < -0.3 is 15.2 Å². The first-order valence-electron chi connectivity index (χ1n) is 5.36. The molecule has 0 aromatic heterocycles. The van der Waals surface area contributed by atoms with Gasteiger partial charge in [-0.25, -0.2) is 4.39 Å². The van der Waals surface area contributed by atoms with E-state index in [4.69, 9.17) is 4.74 Å². The molecule has 1 aliphatic rings. The lowest BCUT2D eigenvalue weighted by Gasteiger charge is -2.32. The van der Waals surface area contributed by atoms with Gasteiger partial charge in [-0.2, -0.15) is 0 Å². The molecular weight excluding hydrogens is 225 g/mol. The summed E-state index contributed by atoms with van der Waals surface area (Å²) in [5.41, 5.74) is -0.649. The van der Waals surface area contributed by atoms with Crippen LogP contribution < -0.4 is 5.32 Å². The predicted octanol–water partition coefficient (Wildman–Crippen LogP) is 0.971. The van der Waals surface area contributed by atoms with Gasteiger partial charge in [-0.1, -0.05) is 18.2 Å². The molecule has 5 heteroatoms. The van der Waals surface area contributed by atoms with E-state index in [2.05, 4.69) is 5.32 Å². The average Bonchev–Trinajstić information content (AvgIpc) is 2.74. The summed E-state index contributed by atoms with van der Waals surface area (Å²) in [6.07, 6.45) is 0. The normalized spacial score (nSPS) is 28.2. The van der Waals surface area contributed by atoms with E-state index >= 15 is 0 Å². The number of ether oxygens (including phenoxy) is 1. The molecule has 1 aromatic carbocycles. The first kappa shape index (κ1) is 12.0. The fourth-order valence-electron chi connectivity index (χ4n) is 2.33. The highest BCUT2D eigenvalue weighted by molar-refractivity contribution is 5.73. The molecule has 0 saturated carbocycles. The number of hydrogen-bond acceptors (Lipinski definition) is 3. The highest BCUT2D eigenvalue weighted by Crippen LogP contribution is 2.36. The number of aliphatic carboxylic acids is 1. The third-order valence-electron chi connectivity index (χ3n) is 3.31. The van der Waals surface area contributed by atoms with Crippen molar-refractivity contribution in [1.82, 2.24) is 5.32 Å². The number of benzene rings is 1. The number of nitrogens with one attached hydrogen (secondary N) is 1. The van der Waals surface area contributed by atoms with E-state index in [1.54, 1.807) is 25.2 Å². The molecule has 2 rings (SSSR count). The van der Waals surface area contributed by atoms with Crippen molar-refractivity contribution in [2.24, 2.45) is 5.92 Å². The second kappa shape index (κ2) is 4.43. The van der Waals surface area contributed by atoms with Crippen LogP contribution in [0.2, 0.25) is 0 Å². The number of hydrogen-bond donors (Lipinski definition) is 2. The maximum Gasteiger partial charge on any atom is 0.311 e. The predicted molar refractivity (Wildman–Crippen MR) is 59.1 cm³/mol. The van der Waals surface area contributed by atoms with Crippen molar-refractivity contribution in [3.05, 3.63) is 35.6 Å². The lowest BCUT2D eigenvalue weighted by molar-refractivity contribution is -0.143. The molecule has 0 unspecified atom stereocenters. The maximum atomic E-state index is 13.8. The number of carbonyl (C=O) groups is 1. The molecule has 2 N–H and O–H groups in total. The van der Waals surface area contributed by atoms with Crippen LogP contribution in [0.1, 0.15) is 5.56 Å². The van der Waals surface area contributed by atoms with Crippen LogP contribution in [-0.2, 0) is 15.1 Å². The van der Waals surface area contributed by atoms with E-state index < -0.39 is 23.2 Å². The first-order chi connectivity index (χ1) is 8.12. The van der Waals surface area contributed by atoms with Gasteiger partial charge in [0, 0.05) is 5.56 Å². The number of carboxylic acid groups (broad SMARTS) is 1. The van der Waals surface area contributed by atoms with Crippen molar-refractivity contribution in [2.75, 3.05) is 20.3 Å². The van der Waals surface area contributed by atoms with Crippen molar-refractivity contribution >= 4 is 5.97 Å². The molecule has 1 fully saturated rings. The molecule has 17 heavy (non-hydrogen) atoms. The Bertz CT molecular complexity index is 438. The Morgan fingerprint density at radius 1 is 1.59 bits per heavy atom. The van der Waals surface area contributed by atoms with Crippen molar-refractivity contribution in [3.63, 3.8) is 0 Å². The van der Waals surface area contributed by atoms with Gasteiger partial charge in [-0.3, -0.25) is 4.79 Å². The topological polar surface area (TPSA) is 58.6 Å². The Balaban J connectivity index is 2.51. The highest BCUT2D eigenvalue weighted by atomic mass is 19.1. The molecule has 0 aliphatic carbocycles. The van der Waals surface area contributed by atoms with Crippen molar-refractivity contribution < 1.29 is 19.0 Å². The van der Waals surface area contributed by atoms with Gasteiger partial charge in [0.2, 0.25) is 0 Å². The molecule has 1 aromatic rings. The Hall–Kier alpha value is -1.46. The SMILES string of the molecule is CN[C@@]1(c2ccccc2F)COC[C@H]1C(=O)O. The molecule has 2 atom stereocenters. The van der Waals surface area contributed by atoms with Gasteiger partial charge in [0.25, 0.3) is 0 Å². The van der Waals surface area contributed by atoms with Crippen molar-refractivity contribution in [2.45, 2.75) is 5.54 Å². The van der Waals surface area contributed by atoms with E-state index in [1.165, 1.54) is 6.07 Å². The van der Waals surface area contributed by atoms with Gasteiger partial charge in [0.15, 0.2) is 0 Å². The molecule has 1 saturated heterocycles. The Kier molecular flexibility index (Phi) is 3.13. The smallest absolute Gasteiger partial charge is 0.311 e. The lowest BCUT2D eigenvalue weighted by atomic mass is 9.80. The zero-order chi connectivity index (χ0) is 12.5. The zero-order valence-electron chi connectivity index (χ0n) is 9.44. The lowest BCUT2D eigenvalue weighted by Crippen LogP contribution is -2.49. The van der Waals surface area contributed by atoms with Crippen molar-refractivity contribution in [3.8, 4) is 0 Å². The van der Waals surface area contributed by atoms with Crippen LogP contribution in [0, 0.1) is 11.7 Å². The number of likely N-dealkylation sites (N-methyl/N-ethyl adjacent to an activating group) is 1. The molecular formula is C12H14FNO3. The van der Waals surface area contributed by atoms with Gasteiger partial charge >= 0.3 is 5.97 Å². The standard InChI is InChI=1S/C12H14FNO3/c1-14-12(7-17-6-9(12)11(15)16)8-4-2-3-5-10(8)13/h2-5,9,14H,6-7H2,1H3,(H,15,16)/t9-,12+/m0/s1. The van der Waals surface area contributed by atoms with Crippen molar-refractivity contribution in [1.29, 1.82) is 0 Å². The fraction of sp³-hybridized carbons (Fsp3) is 0.417. The third kappa shape index (κ3) is 1.81. The fourth-order valence-corrected chi connectivity index (χ4v) is 2.33. The van der Waals surface area contributed by atoms with E-state index in [9.17, 15) is 14.3 Å². The minimum atomic E-state index is -0.989. The summed E-state index contributed by atoms with van der Waals surface area (Å²) in [4.78, 5) is 11.2. The molecule has 0 spiro atoms. The van der Waals surface area contributed by atoms with E-state index in [1.807, 2.05) is 0 Å². The zero-order valence-corrected chi connectivity index (χ0v) is 9.44. The van der Waals surface area contributed by atoms with Crippen LogP contribution in [0.25, 0.3) is 0 Å². The summed E-state index contributed by atoms with van der Waals surface area (Å²) in [5.74, 6) is -2.19. The van der Waals surface area contributed by atoms with Gasteiger partial charge in [0.05, 0.1) is 18.8 Å². The minimum absolute atomic E-state index is 0.0878. The molecule has 1 aliphatic heterocycles. The molecule has 0 amide bonds. The van der Waals surface area contributed by atoms with Crippen LogP contribution >= 0.6 is 0 Å². The summed E-state index contributed by atoms with van der Waals surface area (Å²) in [5, 5.41) is 12.1. The van der Waals surface area contributed by atoms with Crippen LogP contribution in [0.5, 0.6) is 0 Å². The monoisotopic (exact) mass is 239 g/mol. The van der Waals surface area contributed by atoms with Crippen LogP contribution in [0.15, 0.2) is 24.3 Å².